The van der Waals surface area contributed by atoms with Crippen molar-refractivity contribution < 1.29 is 71.1 Å². The van der Waals surface area contributed by atoms with Crippen LogP contribution in [0.2, 0.25) is 10.0 Å². The first-order valence-electron chi connectivity index (χ1n) is 35.2. The first-order valence-corrected chi connectivity index (χ1v) is 37.0. The third-order valence-electron chi connectivity index (χ3n) is 17.3. The van der Waals surface area contributed by atoms with Crippen molar-refractivity contribution in [3.8, 4) is 34.9 Å². The van der Waals surface area contributed by atoms with Gasteiger partial charge in [-0.3, -0.25) is 68.1 Å². The Balaban J connectivity index is 0.000000168. The van der Waals surface area contributed by atoms with Crippen molar-refractivity contribution >= 4 is 128 Å². The van der Waals surface area contributed by atoms with Crippen LogP contribution in [0.3, 0.4) is 0 Å². The molecule has 0 aliphatic carbocycles. The van der Waals surface area contributed by atoms with Gasteiger partial charge in [0.15, 0.2) is 5.92 Å². The summed E-state index contributed by atoms with van der Waals surface area (Å²) in [7, 11) is 1.61. The molecule has 30 nitrogen and oxygen atoms in total. The lowest BCUT2D eigenvalue weighted by Gasteiger charge is -2.31. The first kappa shape index (κ1) is 85.6. The molecule has 1 fully saturated rings. The molecule has 0 saturated carbocycles. The maximum atomic E-state index is 13.1. The van der Waals surface area contributed by atoms with Gasteiger partial charge in [0.25, 0.3) is 29.5 Å². The smallest absolute Gasteiger partial charge is 0.340 e. The van der Waals surface area contributed by atoms with Gasteiger partial charge in [-0.15, -0.1) is 11.8 Å². The Bertz CT molecular complexity index is 5750. The zero-order valence-electron chi connectivity index (χ0n) is 62.5. The van der Waals surface area contributed by atoms with Crippen LogP contribution in [0, 0.1) is 45.6 Å². The van der Waals surface area contributed by atoms with Crippen LogP contribution in [-0.2, 0) is 39.9 Å². The Morgan fingerprint density at radius 3 is 2.13 bits per heavy atom. The molecule has 8 heterocycles. The number of amides is 6. The van der Waals surface area contributed by atoms with Gasteiger partial charge in [0.1, 0.15) is 57.3 Å². The normalized spacial score (nSPS) is 13.2. The van der Waals surface area contributed by atoms with Gasteiger partial charge < -0.3 is 43.8 Å². The monoisotopic (exact) mass is 1620 g/mol. The van der Waals surface area contributed by atoms with Gasteiger partial charge in [-0.05, 0) is 148 Å². The van der Waals surface area contributed by atoms with Crippen molar-refractivity contribution in [2.45, 2.75) is 57.8 Å². The second-order valence-corrected chi connectivity index (χ2v) is 26.5. The molecule has 6 N–H and O–H groups in total. The van der Waals surface area contributed by atoms with Crippen LogP contribution in [-0.4, -0.2) is 121 Å². The second-order valence-electron chi connectivity index (χ2n) is 24.7. The number of carboxylic acid groups (broad SMARTS) is 1. The van der Waals surface area contributed by atoms with Crippen LogP contribution in [0.5, 0.6) is 5.75 Å². The van der Waals surface area contributed by atoms with E-state index in [-0.39, 0.29) is 69.5 Å². The fourth-order valence-electron chi connectivity index (χ4n) is 11.8. The van der Waals surface area contributed by atoms with Crippen LogP contribution >= 0.6 is 35.0 Å². The van der Waals surface area contributed by atoms with E-state index >= 15 is 0 Å². The number of methoxy groups -OCH3 is 1. The van der Waals surface area contributed by atoms with E-state index in [4.69, 9.17) is 62.0 Å². The number of carboxylic acids is 1. The molecule has 6 amide bonds. The number of piperidine rings is 1. The molecule has 33 heteroatoms. The second kappa shape index (κ2) is 41.2. The van der Waals surface area contributed by atoms with Crippen molar-refractivity contribution in [3.05, 3.63) is 287 Å². The molecular formula is C83H71Cl2N13O17S. The van der Waals surface area contributed by atoms with Crippen LogP contribution < -0.4 is 32.1 Å². The minimum absolute atomic E-state index is 0.00379. The summed E-state index contributed by atoms with van der Waals surface area (Å²) in [5, 5.41) is 50.0. The van der Waals surface area contributed by atoms with E-state index in [1.54, 1.807) is 171 Å². The van der Waals surface area contributed by atoms with Crippen molar-refractivity contribution in [1.29, 1.82) is 10.5 Å². The molecule has 116 heavy (non-hydrogen) atoms. The lowest BCUT2D eigenvalue weighted by molar-refractivity contribution is -0.387. The number of likely N-dealkylation sites (tertiary alicyclic amines) is 1. The van der Waals surface area contributed by atoms with E-state index in [0.29, 0.717) is 92.7 Å². The van der Waals surface area contributed by atoms with Gasteiger partial charge in [0, 0.05) is 86.2 Å². The largest absolute Gasteiger partial charge is 0.494 e. The Kier molecular flexibility index (Phi) is 30.4. The molecule has 13 rings (SSSR count). The standard InChI is InChI=1S/C20H15N3O5.C20H21N3O4.C18H10Cl2N2O3.C15H17NO3S.C10H8N4O2/c1-2-28-20(25)15(12-21)17-14-10-6-7-11-16(14)22(13-8-4-3-5-9-13)19(24)18(17)23(26)27;21-18(24)14-8-10-23(11-9-14)20(26)17(13-16-7-4-12-27-16)22-19(25)15-5-2-1-3-6-15;1-9-13(17(23)22-18(24)14(9)8-21)7-11-3-5-16(25-11)12-4-2-10(19)6-15(12)20;1-4-10-9(2)16-14-11(6-5-7-12(14)19-3)15(10)20-8-13(17)18;15-10(9-7-11-3-4-12-9)14-13-6-8-2-1-5-16-8/h3-11,15H,2H2,1H3;1-7,12-14H,8-11H2,(H2,21,24)(H,22,25);2-7H,1H3,(H,22,23,24);5-7H,4,8H2,1-3H3,(H,17,18);1-7H,(H,14,15)/b;17-13-;13-7-;;13-6-. The molecule has 0 bridgehead atoms. The van der Waals surface area contributed by atoms with Gasteiger partial charge >= 0.3 is 23.2 Å². The van der Waals surface area contributed by atoms with Gasteiger partial charge in [0.2, 0.25) is 5.91 Å². The molecule has 0 spiro atoms. The lowest BCUT2D eigenvalue weighted by atomic mass is 9.94. The number of nitriles is 2. The number of carbonyl (C=O) groups excluding carboxylic acids is 7. The molecule has 1 saturated heterocycles. The third-order valence-corrected chi connectivity index (χ3v) is 19.0. The lowest BCUT2D eigenvalue weighted by Crippen LogP contribution is -2.44. The number of nitrogens with two attached hydrogens (primary N) is 1. The van der Waals surface area contributed by atoms with E-state index in [2.05, 4.69) is 43.0 Å². The molecule has 6 aromatic heterocycles. The van der Waals surface area contributed by atoms with Crippen molar-refractivity contribution in [3.63, 3.8) is 0 Å². The highest BCUT2D eigenvalue weighted by Gasteiger charge is 2.37. The summed E-state index contributed by atoms with van der Waals surface area (Å²) < 4.78 is 27.4. The number of hydrazone groups is 1. The topological polar surface area (TPSA) is 444 Å². The Labute approximate surface area is 675 Å². The summed E-state index contributed by atoms with van der Waals surface area (Å²) in [4.78, 5) is 134. The zero-order valence-corrected chi connectivity index (χ0v) is 64.8. The number of fused-ring (bicyclic) bond motifs is 2. The van der Waals surface area contributed by atoms with Gasteiger partial charge in [-0.1, -0.05) is 96.9 Å². The quantitative estimate of drug-likeness (QED) is 0.00900. The number of rotatable bonds is 20. The number of primary amides is 1. The maximum absolute atomic E-state index is 13.1. The number of hydrogen-bond acceptors (Lipinski definition) is 23. The first-order chi connectivity index (χ1) is 55.9. The Morgan fingerprint density at radius 1 is 0.836 bits per heavy atom. The number of carbonyl (C=O) groups is 8. The number of halogens is 2. The van der Waals surface area contributed by atoms with Crippen molar-refractivity contribution in [2.24, 2.45) is 16.8 Å². The number of ether oxygens (including phenoxy) is 2. The number of hydrogen-bond donors (Lipinski definition) is 5. The number of furan rings is 3. The molecular weight excluding hydrogens is 1550 g/mol. The molecule has 590 valence electrons. The van der Waals surface area contributed by atoms with E-state index in [0.717, 1.165) is 33.5 Å². The molecule has 0 radical (unpaired) electrons. The highest BCUT2D eigenvalue weighted by atomic mass is 35.5. The van der Waals surface area contributed by atoms with E-state index in [1.165, 1.54) is 65.8 Å². The van der Waals surface area contributed by atoms with Gasteiger partial charge in [-0.2, -0.15) is 15.6 Å². The number of esters is 1. The number of benzene rings is 5. The number of nitrogens with one attached hydrogen (secondary N) is 3. The predicted octanol–water partition coefficient (Wildman–Crippen LogP) is 13.1. The molecule has 11 aromatic rings. The SMILES string of the molecule is CC1=C(C#N)C(=O)NC(=O)/C1=C\c1ccc(-c2ccc(Cl)cc2Cl)o1.CCOC(=O)C(C#N)c1c([N+](=O)[O-])c(=O)n(-c2ccccc2)c2ccccc12.CCc1c(C)nc2c(OC)cccc2c1SCC(=O)O.NC(=O)C1CCN(C(=O)/C(=C/c2ccco2)NC(=O)c2ccccc2)CC1.O=C(N/N=C\c1ccco1)c1cnccn1. The third kappa shape index (κ3) is 21.8. The molecule has 5 aromatic carbocycles. The van der Waals surface area contributed by atoms with E-state index in [1.807, 2.05) is 31.2 Å². The van der Waals surface area contributed by atoms with Gasteiger partial charge in [-0.25, -0.2) is 15.4 Å². The Morgan fingerprint density at radius 2 is 1.52 bits per heavy atom. The average molecular weight is 1630 g/mol. The fraction of sp³-hybridized carbons (Fsp3) is 0.169. The molecule has 2 aliphatic heterocycles. The van der Waals surface area contributed by atoms with Crippen molar-refractivity contribution in [1.82, 2.24) is 40.5 Å². The molecule has 1 atom stereocenters. The fourth-order valence-corrected chi connectivity index (χ4v) is 13.3. The number of nitro groups is 1. The van der Waals surface area contributed by atoms with Crippen molar-refractivity contribution in [2.75, 3.05) is 32.6 Å². The summed E-state index contributed by atoms with van der Waals surface area (Å²) in [5.74, 6) is -3.65. The number of thioether (sulfide) groups is 1. The summed E-state index contributed by atoms with van der Waals surface area (Å²) in [6, 6.07) is 48.1. The number of aromatic nitrogens is 4. The number of aliphatic carboxylic acids is 1. The highest BCUT2D eigenvalue weighted by Crippen LogP contribution is 2.38. The number of para-hydroxylation sites is 3. The van der Waals surface area contributed by atoms with Crippen LogP contribution in [0.4, 0.5) is 5.69 Å². The molecule has 2 aliphatic rings. The zero-order chi connectivity index (χ0) is 83.5. The average Bonchev–Trinajstić information content (AvgIpc) is 0.836. The number of pyridine rings is 2. The Hall–Kier alpha value is -14.4. The summed E-state index contributed by atoms with van der Waals surface area (Å²) in [6.45, 7) is 7.93. The van der Waals surface area contributed by atoms with Crippen LogP contribution in [0.15, 0.2) is 239 Å². The number of imide groups is 1. The predicted molar refractivity (Wildman–Crippen MR) is 430 cm³/mol. The minimum Gasteiger partial charge on any atom is -0.494 e. The van der Waals surface area contributed by atoms with E-state index < -0.39 is 51.7 Å². The summed E-state index contributed by atoms with van der Waals surface area (Å²) in [6.07, 6.45) is 13.5. The van der Waals surface area contributed by atoms with Crippen LogP contribution in [0.25, 0.3) is 51.0 Å². The minimum atomic E-state index is -1.59. The highest BCUT2D eigenvalue weighted by molar-refractivity contribution is 8.00. The number of nitrogens with zero attached hydrogens (tertiary/aromatic N) is 9. The van der Waals surface area contributed by atoms with E-state index in [9.17, 15) is 58.5 Å². The molecule has 1 unspecified atom stereocenters. The summed E-state index contributed by atoms with van der Waals surface area (Å²) in [5.41, 5.74) is 11.1. The van der Waals surface area contributed by atoms with Crippen LogP contribution in [0.1, 0.15) is 94.5 Å². The maximum Gasteiger partial charge on any atom is 0.340 e. The number of aryl methyl sites for hydroxylation is 1. The summed E-state index contributed by atoms with van der Waals surface area (Å²) >= 11 is 13.4. The van der Waals surface area contributed by atoms with Gasteiger partial charge in [0.05, 0.1) is 71.5 Å².